The number of hydrogen-bond donors (Lipinski definition) is 4. The lowest BCUT2D eigenvalue weighted by Crippen LogP contribution is -2.34. The van der Waals surface area contributed by atoms with Gasteiger partial charge in [-0.05, 0) is 31.4 Å². The highest BCUT2D eigenvalue weighted by Gasteiger charge is 2.42. The van der Waals surface area contributed by atoms with Crippen LogP contribution in [0, 0.1) is 0 Å². The molecular formula is C27H23N3O5. The summed E-state index contributed by atoms with van der Waals surface area (Å²) in [7, 11) is 0. The number of nitrogens with zero attached hydrogens (tertiary/aromatic N) is 1. The maximum absolute atomic E-state index is 13.2. The van der Waals surface area contributed by atoms with Crippen LogP contribution in [0.15, 0.2) is 48.5 Å². The van der Waals surface area contributed by atoms with Gasteiger partial charge in [-0.1, -0.05) is 36.4 Å². The normalized spacial score (nSPS) is 19.7. The summed E-state index contributed by atoms with van der Waals surface area (Å²) in [5.74, 6) is -1.70. The first-order chi connectivity index (χ1) is 16.9. The monoisotopic (exact) mass is 469 g/mol. The molecule has 0 radical (unpaired) electrons. The molecule has 35 heavy (non-hydrogen) atoms. The van der Waals surface area contributed by atoms with Crippen molar-refractivity contribution < 1.29 is 24.6 Å². The molecule has 5 aromatic rings. The van der Waals surface area contributed by atoms with E-state index in [1.54, 1.807) is 0 Å². The van der Waals surface area contributed by atoms with E-state index < -0.39 is 29.9 Å². The number of aliphatic hydroxyl groups excluding tert-OH is 2. The summed E-state index contributed by atoms with van der Waals surface area (Å²) in [5.41, 5.74) is 3.85. The third-order valence-corrected chi connectivity index (χ3v) is 7.00. The van der Waals surface area contributed by atoms with E-state index >= 15 is 0 Å². The summed E-state index contributed by atoms with van der Waals surface area (Å²) in [6.45, 7) is 1.24. The van der Waals surface area contributed by atoms with Crippen LogP contribution in [0.2, 0.25) is 0 Å². The van der Waals surface area contributed by atoms with E-state index in [1.165, 1.54) is 6.92 Å². The smallest absolute Gasteiger partial charge is 0.269 e. The molecule has 1 aliphatic carbocycles. The molecular weight excluding hydrogens is 446 g/mol. The molecule has 3 heterocycles. The molecule has 2 atom stereocenters. The molecule has 1 aliphatic heterocycles. The van der Waals surface area contributed by atoms with Gasteiger partial charge in [0.2, 0.25) is 5.91 Å². The van der Waals surface area contributed by atoms with Gasteiger partial charge in [-0.15, -0.1) is 0 Å². The first-order valence-corrected chi connectivity index (χ1v) is 11.6. The van der Waals surface area contributed by atoms with E-state index in [1.807, 2.05) is 48.5 Å². The van der Waals surface area contributed by atoms with Crippen LogP contribution < -0.4 is 0 Å². The molecule has 2 aliphatic rings. The fraction of sp³-hybridized carbons (Fsp3) is 0.222. The Bertz CT molecular complexity index is 1580. The Balaban J connectivity index is 0.000000284. The number of nitrogens with one attached hydrogen (secondary N) is 2. The zero-order valence-corrected chi connectivity index (χ0v) is 19.0. The Morgan fingerprint density at radius 2 is 1.23 bits per heavy atom. The van der Waals surface area contributed by atoms with E-state index in [2.05, 4.69) is 9.97 Å². The summed E-state index contributed by atoms with van der Waals surface area (Å²) in [5, 5.41) is 20.5. The average molecular weight is 469 g/mol. The maximum Gasteiger partial charge on any atom is 0.269 e. The quantitative estimate of drug-likeness (QED) is 0.255. The van der Waals surface area contributed by atoms with Crippen molar-refractivity contribution in [1.29, 1.82) is 0 Å². The topological polar surface area (TPSA) is 126 Å². The van der Waals surface area contributed by atoms with Crippen LogP contribution in [0.4, 0.5) is 0 Å². The summed E-state index contributed by atoms with van der Waals surface area (Å²) in [4.78, 5) is 45.9. The molecule has 3 aromatic carbocycles. The molecule has 2 unspecified atom stereocenters. The second-order valence-corrected chi connectivity index (χ2v) is 9.12. The van der Waals surface area contributed by atoms with Gasteiger partial charge < -0.3 is 20.2 Å². The molecule has 4 N–H and O–H groups in total. The number of aromatic amines is 2. The molecule has 1 fully saturated rings. The first kappa shape index (κ1) is 21.5. The number of aromatic nitrogens is 2. The number of carbonyl (C=O) groups is 3. The highest BCUT2D eigenvalue weighted by molar-refractivity contribution is 6.41. The van der Waals surface area contributed by atoms with Crippen LogP contribution in [0.3, 0.4) is 0 Å². The Kier molecular flexibility index (Phi) is 4.77. The van der Waals surface area contributed by atoms with Gasteiger partial charge in [-0.25, -0.2) is 4.90 Å². The van der Waals surface area contributed by atoms with Crippen molar-refractivity contribution in [1.82, 2.24) is 14.9 Å². The van der Waals surface area contributed by atoms with Crippen molar-refractivity contribution in [2.45, 2.75) is 38.4 Å². The highest BCUT2D eigenvalue weighted by atomic mass is 16.3. The predicted molar refractivity (Wildman–Crippen MR) is 132 cm³/mol. The number of rotatable bonds is 0. The van der Waals surface area contributed by atoms with Crippen molar-refractivity contribution >= 4 is 61.3 Å². The number of fused-ring (bicyclic) bond motifs is 10. The minimum atomic E-state index is -0.577. The summed E-state index contributed by atoms with van der Waals surface area (Å²) in [6, 6.07) is 15.3. The predicted octanol–water partition coefficient (Wildman–Crippen LogP) is 3.99. The van der Waals surface area contributed by atoms with Gasteiger partial charge in [0.15, 0.2) is 0 Å². The second kappa shape index (κ2) is 7.76. The van der Waals surface area contributed by atoms with E-state index in [0.717, 1.165) is 57.0 Å². The van der Waals surface area contributed by atoms with Gasteiger partial charge in [-0.2, -0.15) is 0 Å². The van der Waals surface area contributed by atoms with Crippen molar-refractivity contribution in [3.8, 4) is 0 Å². The lowest BCUT2D eigenvalue weighted by Gasteiger charge is -2.07. The van der Waals surface area contributed by atoms with Gasteiger partial charge in [-0.3, -0.25) is 14.4 Å². The van der Waals surface area contributed by atoms with Crippen LogP contribution in [0.1, 0.15) is 46.9 Å². The summed E-state index contributed by atoms with van der Waals surface area (Å²) < 4.78 is 0. The molecule has 1 saturated carbocycles. The number of carbonyl (C=O) groups excluding carboxylic acids is 3. The number of benzene rings is 3. The van der Waals surface area contributed by atoms with E-state index in [0.29, 0.717) is 21.9 Å². The number of amides is 3. The fourth-order valence-corrected chi connectivity index (χ4v) is 5.38. The zero-order chi connectivity index (χ0) is 24.4. The van der Waals surface area contributed by atoms with E-state index in [4.69, 9.17) is 10.2 Å². The highest BCUT2D eigenvalue weighted by Crippen LogP contribution is 2.43. The lowest BCUT2D eigenvalue weighted by molar-refractivity contribution is -0.124. The molecule has 8 heteroatoms. The summed E-state index contributed by atoms with van der Waals surface area (Å²) >= 11 is 0. The van der Waals surface area contributed by atoms with Crippen LogP contribution in [-0.4, -0.2) is 55.0 Å². The van der Waals surface area contributed by atoms with Gasteiger partial charge in [0.05, 0.1) is 34.4 Å². The Labute approximate surface area is 199 Å². The van der Waals surface area contributed by atoms with Crippen molar-refractivity contribution in [3.05, 3.63) is 59.7 Å². The van der Waals surface area contributed by atoms with Gasteiger partial charge in [0.1, 0.15) is 0 Å². The molecule has 176 valence electrons. The minimum absolute atomic E-state index is 0.296. The van der Waals surface area contributed by atoms with Gasteiger partial charge in [0.25, 0.3) is 11.8 Å². The Morgan fingerprint density at radius 1 is 0.800 bits per heavy atom. The van der Waals surface area contributed by atoms with Crippen LogP contribution in [0.25, 0.3) is 43.6 Å². The number of aliphatic hydroxyl groups is 2. The number of para-hydroxylation sites is 2. The number of hydrogen-bond acceptors (Lipinski definition) is 5. The SMILES string of the molecule is CC(=O)N1C(=O)c2c(c3c4ccccc4[nH]c3c3[nH]c4ccccc4c23)C1=O.OC1CCCC1O. The van der Waals surface area contributed by atoms with Crippen LogP contribution >= 0.6 is 0 Å². The standard InChI is InChI=1S/C22H13N3O3.C5H10O2/c1-10(26)25-21(27)17-15-11-6-2-4-8-13(11)23-19(15)20-16(18(17)22(25)28)12-7-3-5-9-14(12)24-20;6-4-2-1-3-5(4)7/h2-9,23-24H,1H3;4-7H,1-3H2. The van der Waals surface area contributed by atoms with Crippen molar-refractivity contribution in [2.75, 3.05) is 0 Å². The molecule has 0 saturated heterocycles. The largest absolute Gasteiger partial charge is 0.390 e. The number of imide groups is 3. The van der Waals surface area contributed by atoms with Crippen molar-refractivity contribution in [2.24, 2.45) is 0 Å². The third-order valence-electron chi connectivity index (χ3n) is 7.00. The maximum atomic E-state index is 13.2. The molecule has 0 bridgehead atoms. The molecule has 2 aromatic heterocycles. The van der Waals surface area contributed by atoms with Crippen LogP contribution in [-0.2, 0) is 4.79 Å². The van der Waals surface area contributed by atoms with Gasteiger partial charge in [0, 0.05) is 39.5 Å². The zero-order valence-electron chi connectivity index (χ0n) is 19.0. The molecule has 0 spiro atoms. The summed E-state index contributed by atoms with van der Waals surface area (Å²) in [6.07, 6.45) is 1.67. The first-order valence-electron chi connectivity index (χ1n) is 11.6. The molecule has 3 amide bonds. The van der Waals surface area contributed by atoms with Crippen LogP contribution in [0.5, 0.6) is 0 Å². The van der Waals surface area contributed by atoms with Gasteiger partial charge >= 0.3 is 0 Å². The lowest BCUT2D eigenvalue weighted by atomic mass is 9.97. The average Bonchev–Trinajstić information content (AvgIpc) is 3.57. The number of H-pyrrole nitrogens is 2. The van der Waals surface area contributed by atoms with Crippen molar-refractivity contribution in [3.63, 3.8) is 0 Å². The van der Waals surface area contributed by atoms with E-state index in [-0.39, 0.29) is 0 Å². The molecule has 8 nitrogen and oxygen atoms in total. The third kappa shape index (κ3) is 3.03. The second-order valence-electron chi connectivity index (χ2n) is 9.12. The Hall–Kier alpha value is -4.01. The minimum Gasteiger partial charge on any atom is -0.390 e. The fourth-order valence-electron chi connectivity index (χ4n) is 5.38. The molecule has 7 rings (SSSR count). The van der Waals surface area contributed by atoms with E-state index in [9.17, 15) is 14.4 Å². The Morgan fingerprint density at radius 3 is 1.60 bits per heavy atom.